The Morgan fingerprint density at radius 2 is 2.15 bits per heavy atom. The lowest BCUT2D eigenvalue weighted by atomic mass is 10.1. The third kappa shape index (κ3) is 4.83. The van der Waals surface area contributed by atoms with E-state index in [9.17, 15) is 14.3 Å². The van der Waals surface area contributed by atoms with Crippen LogP contribution in [-0.2, 0) is 7.05 Å². The van der Waals surface area contributed by atoms with Crippen LogP contribution >= 0.6 is 11.6 Å². The molecular weight excluding hydrogens is 453 g/mol. The molecule has 4 rings (SSSR count). The number of rotatable bonds is 7. The minimum Gasteiger partial charge on any atom is -0.440 e. The number of benzene rings is 1. The lowest BCUT2D eigenvalue weighted by molar-refractivity contribution is 0.0881. The summed E-state index contributed by atoms with van der Waals surface area (Å²) in [7, 11) is 1.78. The van der Waals surface area contributed by atoms with Gasteiger partial charge < -0.3 is 20.2 Å². The van der Waals surface area contributed by atoms with E-state index in [1.54, 1.807) is 37.1 Å². The first-order valence-electron chi connectivity index (χ1n) is 9.77. The quantitative estimate of drug-likeness (QED) is 0.374. The number of nitrogens with zero attached hydrogens (tertiary/aromatic N) is 5. The Morgan fingerprint density at radius 1 is 1.33 bits per heavy atom. The summed E-state index contributed by atoms with van der Waals surface area (Å²) >= 11 is 5.80. The Morgan fingerprint density at radius 3 is 2.85 bits per heavy atom. The molecule has 1 aromatic carbocycles. The SMILES string of the molecule is Cc1cnc(Nc2ccnn2C)nc1-c1coc(C(=O)N[C@H](CO)c2ccc(F)c(Cl)c2)n1. The lowest BCUT2D eigenvalue weighted by Gasteiger charge is -2.16. The average Bonchev–Trinajstić information content (AvgIpc) is 3.45. The fourth-order valence-electron chi connectivity index (χ4n) is 3.04. The van der Waals surface area contributed by atoms with Crippen LogP contribution in [0.4, 0.5) is 16.2 Å². The Hall–Kier alpha value is -3.83. The Labute approximate surface area is 192 Å². The molecule has 10 nitrogen and oxygen atoms in total. The van der Waals surface area contributed by atoms with Crippen molar-refractivity contribution in [1.82, 2.24) is 30.0 Å². The molecule has 12 heteroatoms. The first-order valence-corrected chi connectivity index (χ1v) is 10.1. The summed E-state index contributed by atoms with van der Waals surface area (Å²) < 4.78 is 20.4. The molecule has 1 amide bonds. The van der Waals surface area contributed by atoms with E-state index in [1.807, 2.05) is 0 Å². The number of halogens is 2. The van der Waals surface area contributed by atoms with Gasteiger partial charge in [-0.1, -0.05) is 17.7 Å². The normalized spacial score (nSPS) is 11.9. The molecule has 0 aliphatic rings. The predicted octanol–water partition coefficient (Wildman–Crippen LogP) is 3.17. The molecule has 4 aromatic rings. The minimum atomic E-state index is -0.832. The van der Waals surface area contributed by atoms with Gasteiger partial charge in [0.2, 0.25) is 5.95 Å². The van der Waals surface area contributed by atoms with Crippen LogP contribution in [0.15, 0.2) is 47.3 Å². The maximum absolute atomic E-state index is 13.4. The third-order valence-electron chi connectivity index (χ3n) is 4.81. The van der Waals surface area contributed by atoms with Crippen LogP contribution in [0.3, 0.4) is 0 Å². The molecule has 3 aromatic heterocycles. The van der Waals surface area contributed by atoms with E-state index >= 15 is 0 Å². The van der Waals surface area contributed by atoms with Crippen LogP contribution in [0.2, 0.25) is 5.02 Å². The predicted molar refractivity (Wildman–Crippen MR) is 117 cm³/mol. The number of hydrogen-bond acceptors (Lipinski definition) is 8. The molecule has 0 radical (unpaired) electrons. The number of aliphatic hydroxyl groups excluding tert-OH is 1. The van der Waals surface area contributed by atoms with Crippen LogP contribution in [-0.4, -0.2) is 42.4 Å². The molecule has 0 fully saturated rings. The van der Waals surface area contributed by atoms with Gasteiger partial charge in [0, 0.05) is 19.3 Å². The first-order chi connectivity index (χ1) is 15.9. The summed E-state index contributed by atoms with van der Waals surface area (Å²) in [5.74, 6) is -0.475. The molecular formula is C21H19ClFN7O3. The van der Waals surface area contributed by atoms with E-state index in [2.05, 4.69) is 30.7 Å². The monoisotopic (exact) mass is 471 g/mol. The van der Waals surface area contributed by atoms with E-state index in [0.717, 1.165) is 11.6 Å². The van der Waals surface area contributed by atoms with Crippen molar-refractivity contribution >= 4 is 29.3 Å². The molecule has 3 N–H and O–H groups in total. The van der Waals surface area contributed by atoms with Crippen molar-refractivity contribution in [2.24, 2.45) is 7.05 Å². The van der Waals surface area contributed by atoms with Crippen molar-refractivity contribution < 1.29 is 18.7 Å². The number of amides is 1. The molecule has 1 atom stereocenters. The molecule has 0 saturated heterocycles. The van der Waals surface area contributed by atoms with E-state index < -0.39 is 24.4 Å². The highest BCUT2D eigenvalue weighted by atomic mass is 35.5. The number of carbonyl (C=O) groups is 1. The zero-order valence-electron chi connectivity index (χ0n) is 17.6. The lowest BCUT2D eigenvalue weighted by Crippen LogP contribution is -2.31. The second kappa shape index (κ2) is 9.35. The van der Waals surface area contributed by atoms with Gasteiger partial charge in [0.25, 0.3) is 5.89 Å². The van der Waals surface area contributed by atoms with E-state index in [-0.39, 0.29) is 10.9 Å². The van der Waals surface area contributed by atoms with Crippen molar-refractivity contribution in [1.29, 1.82) is 0 Å². The second-order valence-electron chi connectivity index (χ2n) is 7.11. The highest BCUT2D eigenvalue weighted by molar-refractivity contribution is 6.30. The molecule has 0 aliphatic carbocycles. The Kier molecular flexibility index (Phi) is 6.33. The van der Waals surface area contributed by atoms with Gasteiger partial charge >= 0.3 is 5.91 Å². The highest BCUT2D eigenvalue weighted by Crippen LogP contribution is 2.24. The van der Waals surface area contributed by atoms with Crippen LogP contribution < -0.4 is 10.6 Å². The molecule has 0 aliphatic heterocycles. The zero-order chi connectivity index (χ0) is 23.5. The number of nitrogens with one attached hydrogen (secondary N) is 2. The van der Waals surface area contributed by atoms with E-state index in [1.165, 1.54) is 18.4 Å². The summed E-state index contributed by atoms with van der Waals surface area (Å²) in [6.07, 6.45) is 4.57. The number of aliphatic hydroxyl groups is 1. The third-order valence-corrected chi connectivity index (χ3v) is 5.10. The Bertz CT molecular complexity index is 1310. The van der Waals surface area contributed by atoms with Gasteiger partial charge in [-0.15, -0.1) is 0 Å². The molecule has 0 spiro atoms. The molecule has 0 saturated carbocycles. The number of anilines is 2. The summed E-state index contributed by atoms with van der Waals surface area (Å²) in [6, 6.07) is 4.85. The molecule has 33 heavy (non-hydrogen) atoms. The summed E-state index contributed by atoms with van der Waals surface area (Å²) in [5, 5.41) is 19.3. The van der Waals surface area contributed by atoms with Gasteiger partial charge in [0.1, 0.15) is 29.3 Å². The largest absolute Gasteiger partial charge is 0.440 e. The van der Waals surface area contributed by atoms with Crippen LogP contribution in [0, 0.1) is 12.7 Å². The molecule has 3 heterocycles. The van der Waals surface area contributed by atoms with Crippen molar-refractivity contribution in [2.75, 3.05) is 11.9 Å². The van der Waals surface area contributed by atoms with Crippen molar-refractivity contribution in [3.05, 3.63) is 70.8 Å². The topological polar surface area (TPSA) is 131 Å². The number of aromatic nitrogens is 5. The zero-order valence-corrected chi connectivity index (χ0v) is 18.3. The van der Waals surface area contributed by atoms with Gasteiger partial charge in [-0.05, 0) is 30.2 Å². The van der Waals surface area contributed by atoms with Crippen molar-refractivity contribution in [3.63, 3.8) is 0 Å². The summed E-state index contributed by atoms with van der Waals surface area (Å²) in [6.45, 7) is 1.37. The smallest absolute Gasteiger partial charge is 0.307 e. The van der Waals surface area contributed by atoms with Gasteiger partial charge in [0.15, 0.2) is 0 Å². The number of hydrogen-bond donors (Lipinski definition) is 3. The molecule has 0 bridgehead atoms. The van der Waals surface area contributed by atoms with Crippen LogP contribution in [0.5, 0.6) is 0 Å². The average molecular weight is 472 g/mol. The highest BCUT2D eigenvalue weighted by Gasteiger charge is 2.21. The maximum Gasteiger partial charge on any atom is 0.307 e. The van der Waals surface area contributed by atoms with Crippen molar-refractivity contribution in [2.45, 2.75) is 13.0 Å². The summed E-state index contributed by atoms with van der Waals surface area (Å²) in [4.78, 5) is 25.6. The van der Waals surface area contributed by atoms with Gasteiger partial charge in [-0.2, -0.15) is 5.10 Å². The molecule has 0 unspecified atom stereocenters. The summed E-state index contributed by atoms with van der Waals surface area (Å²) in [5.41, 5.74) is 1.96. The maximum atomic E-state index is 13.4. The van der Waals surface area contributed by atoms with Crippen LogP contribution in [0.1, 0.15) is 27.9 Å². The van der Waals surface area contributed by atoms with E-state index in [0.29, 0.717) is 28.7 Å². The fourth-order valence-corrected chi connectivity index (χ4v) is 3.23. The first kappa shape index (κ1) is 22.4. The van der Waals surface area contributed by atoms with Crippen molar-refractivity contribution in [3.8, 4) is 11.4 Å². The van der Waals surface area contributed by atoms with Gasteiger partial charge in [-0.3, -0.25) is 9.48 Å². The van der Waals surface area contributed by atoms with E-state index in [4.69, 9.17) is 16.0 Å². The standard InChI is InChI=1S/C21H19ClFN7O3/c1-11-8-24-21(28-17-5-6-25-30(17)2)29-18(11)16-10-33-20(27-16)19(32)26-15(9-31)12-3-4-14(23)13(22)7-12/h3-8,10,15,31H,9H2,1-2H3,(H,26,32)(H,24,28,29)/t15-/m1/s1. The minimum absolute atomic E-state index is 0.117. The number of aryl methyl sites for hydroxylation is 2. The fraction of sp³-hybridized carbons (Fsp3) is 0.190. The van der Waals surface area contributed by atoms with Gasteiger partial charge in [-0.25, -0.2) is 19.3 Å². The molecule has 170 valence electrons. The number of carbonyl (C=O) groups excluding carboxylic acids is 1. The second-order valence-corrected chi connectivity index (χ2v) is 7.52. The van der Waals surface area contributed by atoms with Gasteiger partial charge in [0.05, 0.1) is 23.9 Å². The van der Waals surface area contributed by atoms with Crippen LogP contribution in [0.25, 0.3) is 11.4 Å². The Balaban J connectivity index is 1.53. The number of oxazole rings is 1.